The predicted molar refractivity (Wildman–Crippen MR) is 101 cm³/mol. The molecule has 2 aliphatic heterocycles. The Morgan fingerprint density at radius 2 is 1.83 bits per heavy atom. The van der Waals surface area contributed by atoms with E-state index in [1.807, 2.05) is 30.0 Å². The highest BCUT2D eigenvalue weighted by atomic mass is 32.2. The Labute approximate surface area is 150 Å². The maximum absolute atomic E-state index is 13.1. The summed E-state index contributed by atoms with van der Waals surface area (Å²) in [5, 5.41) is 3.35. The van der Waals surface area contributed by atoms with Gasteiger partial charge in [0.15, 0.2) is 0 Å². The molecule has 1 aromatic rings. The Kier molecular flexibility index (Phi) is 6.58. The minimum Gasteiger partial charge on any atom is -0.352 e. The summed E-state index contributed by atoms with van der Waals surface area (Å²) < 4.78 is 0. The molecule has 0 bridgehead atoms. The first-order valence-corrected chi connectivity index (χ1v) is 10.3. The predicted octanol–water partition coefficient (Wildman–Crippen LogP) is 2.38. The standard InChI is InChI=1S/C19H29N3OS/c1-2-21-10-8-17(9-11-21)20-19(23)18(16-6-4-3-5-7-16)22-12-14-24-15-13-22/h3-7,17-18H,2,8-15H2,1H3,(H,20,23). The molecule has 0 aromatic heterocycles. The highest BCUT2D eigenvalue weighted by molar-refractivity contribution is 7.99. The molecular weight excluding hydrogens is 318 g/mol. The molecule has 3 rings (SSSR count). The van der Waals surface area contributed by atoms with Crippen molar-refractivity contribution in [1.82, 2.24) is 15.1 Å². The number of rotatable bonds is 5. The third-order valence-electron chi connectivity index (χ3n) is 5.16. The summed E-state index contributed by atoms with van der Waals surface area (Å²) >= 11 is 1.98. The zero-order chi connectivity index (χ0) is 16.8. The van der Waals surface area contributed by atoms with Crippen LogP contribution in [-0.2, 0) is 4.79 Å². The van der Waals surface area contributed by atoms with Crippen LogP contribution >= 0.6 is 11.8 Å². The molecule has 4 nitrogen and oxygen atoms in total. The molecule has 1 atom stereocenters. The summed E-state index contributed by atoms with van der Waals surface area (Å²) in [6.45, 7) is 7.49. The van der Waals surface area contributed by atoms with Gasteiger partial charge in [0, 0.05) is 43.7 Å². The fourth-order valence-electron chi connectivity index (χ4n) is 3.67. The highest BCUT2D eigenvalue weighted by Gasteiger charge is 2.30. The average Bonchev–Trinajstić information content (AvgIpc) is 2.64. The Hall–Kier alpha value is -1.04. The Morgan fingerprint density at radius 3 is 2.46 bits per heavy atom. The molecule has 0 spiro atoms. The second-order valence-electron chi connectivity index (χ2n) is 6.68. The van der Waals surface area contributed by atoms with Gasteiger partial charge in [0.05, 0.1) is 0 Å². The summed E-state index contributed by atoms with van der Waals surface area (Å²) in [5.41, 5.74) is 1.12. The monoisotopic (exact) mass is 347 g/mol. The van der Waals surface area contributed by atoms with Gasteiger partial charge in [-0.3, -0.25) is 9.69 Å². The SMILES string of the molecule is CCN1CCC(NC(=O)C(c2ccccc2)N2CCSCC2)CC1. The van der Waals surface area contributed by atoms with Gasteiger partial charge >= 0.3 is 0 Å². The van der Waals surface area contributed by atoms with E-state index >= 15 is 0 Å². The van der Waals surface area contributed by atoms with Crippen LogP contribution in [0.1, 0.15) is 31.4 Å². The van der Waals surface area contributed by atoms with Crippen LogP contribution < -0.4 is 5.32 Å². The molecule has 2 aliphatic rings. The number of hydrogen-bond donors (Lipinski definition) is 1. The molecule has 0 saturated carbocycles. The first-order valence-electron chi connectivity index (χ1n) is 9.17. The summed E-state index contributed by atoms with van der Waals surface area (Å²) in [6, 6.07) is 10.5. The molecule has 1 aromatic carbocycles. The van der Waals surface area contributed by atoms with Crippen molar-refractivity contribution in [3.8, 4) is 0 Å². The molecule has 0 radical (unpaired) electrons. The number of nitrogens with zero attached hydrogens (tertiary/aromatic N) is 2. The van der Waals surface area contributed by atoms with Gasteiger partial charge in [-0.25, -0.2) is 0 Å². The number of benzene rings is 1. The van der Waals surface area contributed by atoms with E-state index in [1.54, 1.807) is 0 Å². The van der Waals surface area contributed by atoms with Crippen molar-refractivity contribution in [2.45, 2.75) is 31.8 Å². The normalized spacial score (nSPS) is 22.2. The van der Waals surface area contributed by atoms with Crippen LogP contribution in [0, 0.1) is 0 Å². The van der Waals surface area contributed by atoms with Gasteiger partial charge in [-0.1, -0.05) is 37.3 Å². The van der Waals surface area contributed by atoms with E-state index in [4.69, 9.17) is 0 Å². The van der Waals surface area contributed by atoms with Crippen molar-refractivity contribution in [3.05, 3.63) is 35.9 Å². The average molecular weight is 348 g/mol. The number of amides is 1. The zero-order valence-electron chi connectivity index (χ0n) is 14.6. The van der Waals surface area contributed by atoms with Gasteiger partial charge in [-0.05, 0) is 24.9 Å². The molecule has 1 N–H and O–H groups in total. The molecule has 1 unspecified atom stereocenters. The first kappa shape index (κ1) is 17.8. The lowest BCUT2D eigenvalue weighted by molar-refractivity contribution is -0.127. The largest absolute Gasteiger partial charge is 0.352 e. The lowest BCUT2D eigenvalue weighted by Crippen LogP contribution is -2.49. The summed E-state index contributed by atoms with van der Waals surface area (Å²) in [4.78, 5) is 17.9. The third-order valence-corrected chi connectivity index (χ3v) is 6.10. The topological polar surface area (TPSA) is 35.6 Å². The van der Waals surface area contributed by atoms with Crippen molar-refractivity contribution in [1.29, 1.82) is 0 Å². The van der Waals surface area contributed by atoms with E-state index in [1.165, 1.54) is 0 Å². The van der Waals surface area contributed by atoms with Crippen LogP contribution in [-0.4, -0.2) is 66.0 Å². The smallest absolute Gasteiger partial charge is 0.242 e. The van der Waals surface area contributed by atoms with E-state index < -0.39 is 0 Å². The molecular formula is C19H29N3OS. The van der Waals surface area contributed by atoms with E-state index in [0.717, 1.165) is 62.6 Å². The number of hydrogen-bond acceptors (Lipinski definition) is 4. The van der Waals surface area contributed by atoms with E-state index in [9.17, 15) is 4.79 Å². The fraction of sp³-hybridized carbons (Fsp3) is 0.632. The Balaban J connectivity index is 1.67. The fourth-order valence-corrected chi connectivity index (χ4v) is 4.60. The van der Waals surface area contributed by atoms with E-state index in [2.05, 4.69) is 34.2 Å². The summed E-state index contributed by atoms with van der Waals surface area (Å²) in [5.74, 6) is 2.42. The number of likely N-dealkylation sites (tertiary alicyclic amines) is 1. The maximum atomic E-state index is 13.1. The quantitative estimate of drug-likeness (QED) is 0.887. The second-order valence-corrected chi connectivity index (χ2v) is 7.90. The summed E-state index contributed by atoms with van der Waals surface area (Å²) in [6.07, 6.45) is 2.13. The van der Waals surface area contributed by atoms with Crippen molar-refractivity contribution < 1.29 is 4.79 Å². The maximum Gasteiger partial charge on any atom is 0.242 e. The molecule has 1 amide bonds. The molecule has 2 saturated heterocycles. The Bertz CT molecular complexity index is 511. The van der Waals surface area contributed by atoms with Crippen LogP contribution in [0.2, 0.25) is 0 Å². The number of thioether (sulfide) groups is 1. The zero-order valence-corrected chi connectivity index (χ0v) is 15.4. The minimum atomic E-state index is -0.142. The van der Waals surface area contributed by atoms with Crippen LogP contribution in [0.3, 0.4) is 0 Å². The summed E-state index contributed by atoms with van der Waals surface area (Å²) in [7, 11) is 0. The third kappa shape index (κ3) is 4.52. The van der Waals surface area contributed by atoms with Gasteiger partial charge in [0.1, 0.15) is 6.04 Å². The lowest BCUT2D eigenvalue weighted by Gasteiger charge is -2.36. The van der Waals surface area contributed by atoms with Crippen molar-refractivity contribution in [2.75, 3.05) is 44.2 Å². The minimum absolute atomic E-state index is 0.142. The molecule has 2 fully saturated rings. The van der Waals surface area contributed by atoms with Gasteiger partial charge in [-0.15, -0.1) is 0 Å². The highest BCUT2D eigenvalue weighted by Crippen LogP contribution is 2.25. The van der Waals surface area contributed by atoms with Crippen molar-refractivity contribution in [3.63, 3.8) is 0 Å². The molecule has 24 heavy (non-hydrogen) atoms. The van der Waals surface area contributed by atoms with E-state index in [-0.39, 0.29) is 11.9 Å². The van der Waals surface area contributed by atoms with Crippen LogP contribution in [0.4, 0.5) is 0 Å². The van der Waals surface area contributed by atoms with Crippen molar-refractivity contribution >= 4 is 17.7 Å². The Morgan fingerprint density at radius 1 is 1.17 bits per heavy atom. The van der Waals surface area contributed by atoms with Gasteiger partial charge in [-0.2, -0.15) is 11.8 Å². The van der Waals surface area contributed by atoms with E-state index in [0.29, 0.717) is 6.04 Å². The van der Waals surface area contributed by atoms with Gasteiger partial charge < -0.3 is 10.2 Å². The molecule has 132 valence electrons. The number of carbonyl (C=O) groups is 1. The number of piperidine rings is 1. The van der Waals surface area contributed by atoms with Crippen LogP contribution in [0.5, 0.6) is 0 Å². The lowest BCUT2D eigenvalue weighted by atomic mass is 10.0. The second kappa shape index (κ2) is 8.88. The van der Waals surface area contributed by atoms with Gasteiger partial charge in [0.2, 0.25) is 5.91 Å². The first-order chi connectivity index (χ1) is 11.8. The molecule has 2 heterocycles. The van der Waals surface area contributed by atoms with Gasteiger partial charge in [0.25, 0.3) is 0 Å². The molecule has 0 aliphatic carbocycles. The number of nitrogens with one attached hydrogen (secondary N) is 1. The van der Waals surface area contributed by atoms with Crippen LogP contribution in [0.15, 0.2) is 30.3 Å². The molecule has 5 heteroatoms. The van der Waals surface area contributed by atoms with Crippen LogP contribution in [0.25, 0.3) is 0 Å². The number of carbonyl (C=O) groups excluding carboxylic acids is 1. The van der Waals surface area contributed by atoms with Crippen molar-refractivity contribution in [2.24, 2.45) is 0 Å².